The lowest BCUT2D eigenvalue weighted by Crippen LogP contribution is -2.37. The summed E-state index contributed by atoms with van der Waals surface area (Å²) < 4.78 is 27.8. The fourth-order valence-electron chi connectivity index (χ4n) is 2.96. The maximum absolute atomic E-state index is 12.2. The second-order valence-electron chi connectivity index (χ2n) is 5.72. The molecule has 3 heterocycles. The van der Waals surface area contributed by atoms with Crippen molar-refractivity contribution >= 4 is 38.3 Å². The van der Waals surface area contributed by atoms with E-state index in [1.807, 2.05) is 41.1 Å². The van der Waals surface area contributed by atoms with Gasteiger partial charge in [0.2, 0.25) is 15.3 Å². The molecule has 4 rings (SSSR count). The van der Waals surface area contributed by atoms with Gasteiger partial charge in [0, 0.05) is 30.0 Å². The molecule has 3 aromatic rings. The van der Waals surface area contributed by atoms with Crippen molar-refractivity contribution in [2.24, 2.45) is 0 Å². The van der Waals surface area contributed by atoms with Gasteiger partial charge in [-0.3, -0.25) is 4.31 Å². The van der Waals surface area contributed by atoms with Gasteiger partial charge >= 0.3 is 0 Å². The predicted octanol–water partition coefficient (Wildman–Crippen LogP) is 3.00. The zero-order valence-corrected chi connectivity index (χ0v) is 14.3. The van der Waals surface area contributed by atoms with Gasteiger partial charge in [-0.1, -0.05) is 0 Å². The van der Waals surface area contributed by atoms with Crippen LogP contribution < -0.4 is 4.31 Å². The van der Waals surface area contributed by atoms with Gasteiger partial charge in [0.15, 0.2) is 0 Å². The normalized spacial score (nSPS) is 17.3. The zero-order chi connectivity index (χ0) is 16.7. The minimum atomic E-state index is -3.20. The van der Waals surface area contributed by atoms with E-state index in [0.29, 0.717) is 17.9 Å². The number of halogens is 1. The first-order valence-electron chi connectivity index (χ1n) is 7.65. The van der Waals surface area contributed by atoms with Gasteiger partial charge in [0.05, 0.1) is 11.4 Å². The fourth-order valence-corrected chi connectivity index (χ4v) is 4.73. The molecule has 0 amide bonds. The lowest BCUT2D eigenvalue weighted by molar-refractivity contribution is 0.574. The molecule has 0 saturated carbocycles. The molecular weight excluding hydrogens is 348 g/mol. The van der Waals surface area contributed by atoms with Crippen LogP contribution in [-0.2, 0) is 10.0 Å². The zero-order valence-electron chi connectivity index (χ0n) is 12.8. The maximum Gasteiger partial charge on any atom is 0.235 e. The largest absolute Gasteiger partial charge is 0.301 e. The molecule has 0 unspecified atom stereocenters. The SMILES string of the molecule is O=S1(=O)CCCCN1c1ccc(-n2ccc3cnc(Cl)nc32)cc1. The number of hydrogen-bond acceptors (Lipinski definition) is 4. The highest BCUT2D eigenvalue weighted by molar-refractivity contribution is 7.92. The van der Waals surface area contributed by atoms with Crippen molar-refractivity contribution in [1.29, 1.82) is 0 Å². The maximum atomic E-state index is 12.2. The Morgan fingerprint density at radius 3 is 2.54 bits per heavy atom. The summed E-state index contributed by atoms with van der Waals surface area (Å²) in [6.45, 7) is 0.539. The minimum absolute atomic E-state index is 0.193. The molecule has 0 aliphatic carbocycles. The molecular formula is C16H15ClN4O2S. The molecule has 124 valence electrons. The molecule has 2 aromatic heterocycles. The number of rotatable bonds is 2. The summed E-state index contributed by atoms with van der Waals surface area (Å²) in [5.41, 5.74) is 2.30. The number of benzene rings is 1. The third kappa shape index (κ3) is 2.63. The van der Waals surface area contributed by atoms with Crippen LogP contribution in [0.4, 0.5) is 5.69 Å². The van der Waals surface area contributed by atoms with Crippen molar-refractivity contribution in [1.82, 2.24) is 14.5 Å². The Morgan fingerprint density at radius 2 is 1.79 bits per heavy atom. The summed E-state index contributed by atoms with van der Waals surface area (Å²) in [7, 11) is -3.20. The Balaban J connectivity index is 1.72. The molecule has 1 aliphatic rings. The lowest BCUT2D eigenvalue weighted by Gasteiger charge is -2.28. The van der Waals surface area contributed by atoms with Crippen LogP contribution in [0.15, 0.2) is 42.7 Å². The van der Waals surface area contributed by atoms with E-state index < -0.39 is 10.0 Å². The van der Waals surface area contributed by atoms with Gasteiger partial charge in [-0.25, -0.2) is 13.4 Å². The van der Waals surface area contributed by atoms with E-state index in [1.165, 1.54) is 4.31 Å². The number of hydrogen-bond donors (Lipinski definition) is 0. The second-order valence-corrected chi connectivity index (χ2v) is 8.07. The van der Waals surface area contributed by atoms with E-state index in [9.17, 15) is 8.42 Å². The van der Waals surface area contributed by atoms with Crippen molar-refractivity contribution in [3.63, 3.8) is 0 Å². The molecule has 6 nitrogen and oxygen atoms in total. The van der Waals surface area contributed by atoms with Crippen LogP contribution in [0.3, 0.4) is 0 Å². The van der Waals surface area contributed by atoms with Crippen LogP contribution in [0.2, 0.25) is 5.28 Å². The standard InChI is InChI=1S/C16H15ClN4O2S/c17-16-18-11-12-7-9-20(15(12)19-16)13-3-5-14(6-4-13)21-8-1-2-10-24(21,22)23/h3-7,9,11H,1-2,8,10H2. The first kappa shape index (κ1) is 15.4. The summed E-state index contributed by atoms with van der Waals surface area (Å²) in [5, 5.41) is 1.08. The molecule has 1 saturated heterocycles. The van der Waals surface area contributed by atoms with Gasteiger partial charge < -0.3 is 4.57 Å². The summed E-state index contributed by atoms with van der Waals surface area (Å²) in [6.07, 6.45) is 5.18. The summed E-state index contributed by atoms with van der Waals surface area (Å²) in [4.78, 5) is 8.23. The summed E-state index contributed by atoms with van der Waals surface area (Å²) >= 11 is 5.88. The van der Waals surface area contributed by atoms with Gasteiger partial charge in [-0.05, 0) is 54.8 Å². The lowest BCUT2D eigenvalue weighted by atomic mass is 10.2. The summed E-state index contributed by atoms with van der Waals surface area (Å²) in [5.74, 6) is 0.215. The van der Waals surface area contributed by atoms with Crippen LogP contribution >= 0.6 is 11.6 Å². The Kier molecular flexibility index (Phi) is 3.69. The van der Waals surface area contributed by atoms with Gasteiger partial charge in [-0.2, -0.15) is 4.98 Å². The van der Waals surface area contributed by atoms with Crippen LogP contribution in [0.5, 0.6) is 0 Å². The molecule has 0 spiro atoms. The Morgan fingerprint density at radius 1 is 1.04 bits per heavy atom. The van der Waals surface area contributed by atoms with E-state index in [1.54, 1.807) is 6.20 Å². The first-order chi connectivity index (χ1) is 11.5. The minimum Gasteiger partial charge on any atom is -0.301 e. The smallest absolute Gasteiger partial charge is 0.235 e. The third-order valence-electron chi connectivity index (χ3n) is 4.16. The van der Waals surface area contributed by atoms with Crippen LogP contribution in [0, 0.1) is 0 Å². The summed E-state index contributed by atoms with van der Waals surface area (Å²) in [6, 6.07) is 9.33. The topological polar surface area (TPSA) is 68.1 Å². The average molecular weight is 363 g/mol. The highest BCUT2D eigenvalue weighted by atomic mass is 35.5. The number of aromatic nitrogens is 3. The number of fused-ring (bicyclic) bond motifs is 1. The van der Waals surface area contributed by atoms with Gasteiger partial charge in [0.25, 0.3) is 0 Å². The number of sulfonamides is 1. The van der Waals surface area contributed by atoms with Crippen molar-refractivity contribution in [2.45, 2.75) is 12.8 Å². The average Bonchev–Trinajstić information content (AvgIpc) is 2.98. The predicted molar refractivity (Wildman–Crippen MR) is 94.2 cm³/mol. The van der Waals surface area contributed by atoms with E-state index >= 15 is 0 Å². The van der Waals surface area contributed by atoms with Crippen LogP contribution in [0.1, 0.15) is 12.8 Å². The molecule has 1 aromatic carbocycles. The van der Waals surface area contributed by atoms with Gasteiger partial charge in [-0.15, -0.1) is 0 Å². The molecule has 0 N–H and O–H groups in total. The first-order valence-corrected chi connectivity index (χ1v) is 9.64. The molecule has 8 heteroatoms. The molecule has 1 aliphatic heterocycles. The molecule has 24 heavy (non-hydrogen) atoms. The Bertz CT molecular complexity index is 999. The van der Waals surface area contributed by atoms with E-state index in [-0.39, 0.29) is 11.0 Å². The van der Waals surface area contributed by atoms with Crippen molar-refractivity contribution in [3.05, 3.63) is 48.0 Å². The van der Waals surface area contributed by atoms with Crippen LogP contribution in [-0.4, -0.2) is 35.3 Å². The number of anilines is 1. The molecule has 0 radical (unpaired) electrons. The van der Waals surface area contributed by atoms with E-state index in [0.717, 1.165) is 23.9 Å². The monoisotopic (exact) mass is 362 g/mol. The Hall–Kier alpha value is -2.12. The van der Waals surface area contributed by atoms with E-state index in [2.05, 4.69) is 9.97 Å². The third-order valence-corrected chi connectivity index (χ3v) is 6.21. The van der Waals surface area contributed by atoms with Crippen molar-refractivity contribution in [3.8, 4) is 5.69 Å². The number of nitrogens with zero attached hydrogens (tertiary/aromatic N) is 4. The Labute approximate surface area is 144 Å². The van der Waals surface area contributed by atoms with Crippen molar-refractivity contribution in [2.75, 3.05) is 16.6 Å². The quantitative estimate of drug-likeness (QED) is 0.657. The van der Waals surface area contributed by atoms with Gasteiger partial charge in [0.1, 0.15) is 5.65 Å². The molecule has 0 atom stereocenters. The van der Waals surface area contributed by atoms with Crippen LogP contribution in [0.25, 0.3) is 16.7 Å². The molecule has 0 bridgehead atoms. The highest BCUT2D eigenvalue weighted by Gasteiger charge is 2.25. The highest BCUT2D eigenvalue weighted by Crippen LogP contribution is 2.26. The second kappa shape index (κ2) is 5.75. The fraction of sp³-hybridized carbons (Fsp3) is 0.250. The molecule has 1 fully saturated rings. The van der Waals surface area contributed by atoms with E-state index in [4.69, 9.17) is 11.6 Å². The van der Waals surface area contributed by atoms with Crippen molar-refractivity contribution < 1.29 is 8.42 Å².